The Kier molecular flexibility index (Phi) is 6.26. The van der Waals surface area contributed by atoms with Crippen LogP contribution in [0.5, 0.6) is 0 Å². The molecule has 19 nitrogen and oxygen atoms in total. The first kappa shape index (κ1) is 27.3. The molecule has 4 aromatic heterocycles. The van der Waals surface area contributed by atoms with Gasteiger partial charge < -0.3 is 44.0 Å². The molecule has 1 spiro atoms. The lowest BCUT2D eigenvalue weighted by atomic mass is 10.0. The summed E-state index contributed by atoms with van der Waals surface area (Å²) in [7, 11) is -6.27. The number of aromatic nitrogens is 8. The first-order valence-electron chi connectivity index (χ1n) is 13.4. The lowest BCUT2D eigenvalue weighted by Gasteiger charge is -2.28. The number of H-pyrrole nitrogens is 1. The molecule has 2 saturated carbocycles. The highest BCUT2D eigenvalue weighted by Gasteiger charge is 2.73. The van der Waals surface area contributed by atoms with Crippen LogP contribution in [-0.4, -0.2) is 81.8 Å². The molecule has 21 heteroatoms. The van der Waals surface area contributed by atoms with Crippen molar-refractivity contribution in [2.75, 3.05) is 24.7 Å². The number of nitrogen functional groups attached to an aromatic ring is 2. The number of rotatable bonds is 2. The highest BCUT2D eigenvalue weighted by molar-refractivity contribution is 7.33. The molecule has 2 aliphatic heterocycles. The number of fused-ring (bicyclic) bond motifs is 4. The van der Waals surface area contributed by atoms with Gasteiger partial charge >= 0.3 is 16.5 Å². The van der Waals surface area contributed by atoms with Crippen LogP contribution in [0.2, 0.25) is 0 Å². The maximum Gasteiger partial charge on any atom is 0.319 e. The summed E-state index contributed by atoms with van der Waals surface area (Å²) in [5.41, 5.74) is 11.3. The Morgan fingerprint density at radius 1 is 1.02 bits per heavy atom. The third-order valence-electron chi connectivity index (χ3n) is 8.71. The van der Waals surface area contributed by atoms with Crippen molar-refractivity contribution in [1.82, 2.24) is 39.0 Å². The van der Waals surface area contributed by atoms with Crippen LogP contribution >= 0.6 is 16.5 Å². The Hall–Kier alpha value is -3.28. The molecule has 4 fully saturated rings. The summed E-state index contributed by atoms with van der Waals surface area (Å²) in [5, 5.41) is 11.4. The smallest absolute Gasteiger partial charge is 0.319 e. The van der Waals surface area contributed by atoms with Crippen molar-refractivity contribution in [3.8, 4) is 0 Å². The number of aliphatic hydroxyl groups excluding tert-OH is 1. The average molecular weight is 636 g/mol. The predicted molar refractivity (Wildman–Crippen MR) is 146 cm³/mol. The minimum Gasteiger partial charge on any atom is -0.388 e. The number of hydrogen-bond donors (Lipinski definition) is 4. The van der Waals surface area contributed by atoms with E-state index in [-0.39, 0.29) is 48.5 Å². The Morgan fingerprint density at radius 3 is 2.67 bits per heavy atom. The molecule has 43 heavy (non-hydrogen) atoms. The second kappa shape index (κ2) is 9.87. The van der Waals surface area contributed by atoms with E-state index in [2.05, 4.69) is 29.9 Å². The second-order valence-electron chi connectivity index (χ2n) is 11.1. The summed E-state index contributed by atoms with van der Waals surface area (Å²) in [6, 6.07) is -0.569. The average Bonchev–Trinajstić information content (AvgIpc) is 3.32. The van der Waals surface area contributed by atoms with Crippen molar-refractivity contribution in [2.24, 2.45) is 11.3 Å². The summed E-state index contributed by atoms with van der Waals surface area (Å²) in [4.78, 5) is 35.5. The van der Waals surface area contributed by atoms with E-state index in [9.17, 15) is 19.0 Å². The fraction of sp³-hybridized carbons (Fsp3) is 0.545. The lowest BCUT2D eigenvalue weighted by molar-refractivity contribution is -0.0518. The molecule has 6 N–H and O–H groups in total. The number of ether oxygens (including phenoxy) is 1. The third-order valence-corrected chi connectivity index (χ3v) is 10.4. The molecule has 228 valence electrons. The van der Waals surface area contributed by atoms with Gasteiger partial charge in [-0.15, -0.1) is 0 Å². The van der Waals surface area contributed by atoms with Gasteiger partial charge in [0.15, 0.2) is 28.9 Å². The van der Waals surface area contributed by atoms with Crippen molar-refractivity contribution in [3.05, 3.63) is 29.3 Å². The molecule has 2 aliphatic carbocycles. The summed E-state index contributed by atoms with van der Waals surface area (Å²) in [6.07, 6.45) is 0.381. The van der Waals surface area contributed by atoms with Crippen LogP contribution in [0.1, 0.15) is 25.1 Å². The maximum absolute atomic E-state index is 13.2. The SMILES string of the molecule is Nc1nc2c(ncn2[C@@H]2O[C@@H]3CO[PH](=O)O[C@H]4[C@@H](O)[C@H](n5cnc6c(N)ncnc65)[C@H]5CC54CO[PH](=O)O[C@@H]2C3)c(=O)[nH]1. The molecule has 8 rings (SSSR count). The molecule has 3 unspecified atom stereocenters. The van der Waals surface area contributed by atoms with Gasteiger partial charge in [0.05, 0.1) is 38.0 Å². The number of imidazole rings is 2. The number of aromatic amines is 1. The Bertz CT molecular complexity index is 1870. The first-order chi connectivity index (χ1) is 20.7. The van der Waals surface area contributed by atoms with E-state index in [1.807, 2.05) is 0 Å². The van der Waals surface area contributed by atoms with Gasteiger partial charge in [-0.1, -0.05) is 0 Å². The normalized spacial score (nSPS) is 37.8. The van der Waals surface area contributed by atoms with E-state index in [4.69, 9.17) is 34.3 Å². The van der Waals surface area contributed by atoms with Crippen molar-refractivity contribution >= 4 is 50.6 Å². The molecule has 2 bridgehead atoms. The van der Waals surface area contributed by atoms with Crippen LogP contribution in [0.25, 0.3) is 22.3 Å². The topological polar surface area (TPSA) is 260 Å². The minimum absolute atomic E-state index is 0.0343. The first-order valence-corrected chi connectivity index (χ1v) is 15.8. The van der Waals surface area contributed by atoms with Crippen molar-refractivity contribution < 1.29 is 37.1 Å². The fourth-order valence-corrected chi connectivity index (χ4v) is 8.62. The Balaban J connectivity index is 1.08. The van der Waals surface area contributed by atoms with Crippen LogP contribution in [0.4, 0.5) is 11.8 Å². The number of anilines is 2. The fourth-order valence-electron chi connectivity index (χ4n) is 6.73. The zero-order valence-corrected chi connectivity index (χ0v) is 24.1. The van der Waals surface area contributed by atoms with Crippen molar-refractivity contribution in [2.45, 2.75) is 49.5 Å². The van der Waals surface area contributed by atoms with Gasteiger partial charge in [0, 0.05) is 11.8 Å². The van der Waals surface area contributed by atoms with Gasteiger partial charge in [0.1, 0.15) is 30.2 Å². The molecular weight excluding hydrogens is 610 g/mol. The minimum atomic E-state index is -3.14. The summed E-state index contributed by atoms with van der Waals surface area (Å²) in [5.74, 6) is -0.132. The highest BCUT2D eigenvalue weighted by Crippen LogP contribution is 2.70. The Morgan fingerprint density at radius 2 is 1.81 bits per heavy atom. The van der Waals surface area contributed by atoms with E-state index in [0.717, 1.165) is 0 Å². The molecule has 0 radical (unpaired) electrons. The molecule has 6 heterocycles. The largest absolute Gasteiger partial charge is 0.388 e. The number of hydrogen-bond acceptors (Lipinski definition) is 16. The van der Waals surface area contributed by atoms with Gasteiger partial charge in [-0.05, 0) is 12.3 Å². The van der Waals surface area contributed by atoms with Gasteiger partial charge in [0.25, 0.3) is 5.56 Å². The number of nitrogens with two attached hydrogens (primary N) is 2. The molecule has 0 amide bonds. The molecule has 0 aromatic carbocycles. The van der Waals surface area contributed by atoms with E-state index in [1.54, 1.807) is 4.57 Å². The van der Waals surface area contributed by atoms with E-state index in [0.29, 0.717) is 17.6 Å². The lowest BCUT2D eigenvalue weighted by Crippen LogP contribution is -2.37. The van der Waals surface area contributed by atoms with Crippen LogP contribution < -0.4 is 17.0 Å². The third kappa shape index (κ3) is 4.26. The zero-order valence-electron chi connectivity index (χ0n) is 22.1. The predicted octanol–water partition coefficient (Wildman–Crippen LogP) is -0.0701. The summed E-state index contributed by atoms with van der Waals surface area (Å²) < 4.78 is 58.7. The second-order valence-corrected chi connectivity index (χ2v) is 13.1. The highest BCUT2D eigenvalue weighted by atomic mass is 31.1. The van der Waals surface area contributed by atoms with Crippen LogP contribution in [-0.2, 0) is 32.0 Å². The molecule has 4 aliphatic rings. The van der Waals surface area contributed by atoms with Crippen molar-refractivity contribution in [1.29, 1.82) is 0 Å². The summed E-state index contributed by atoms with van der Waals surface area (Å²) >= 11 is 0. The molecule has 4 aromatic rings. The molecular formula is C22H26N10O9P2. The Labute approximate surface area is 241 Å². The molecule has 2 saturated heterocycles. The standard InChI is InChI=1S/C22H26N10O9P2/c23-16-11-17(26-5-25-16)31(6-27-11)13-9-2-22(9)4-38-43(36)40-10-1-8(3-37-42(35)41-15(22)14(13)33)39-20(10)32-7-28-12-18(32)29-21(24)30-19(12)34/h5-10,13-15,20,33,42-43H,1-4H2,(H2,23,25,26)(H3,24,29,30,34)/t8-,9+,10+,13+,14-,15-,20+,22?/m0/s1. The molecule has 10 atom stereocenters. The van der Waals surface area contributed by atoms with Gasteiger partial charge in [0.2, 0.25) is 5.95 Å². The van der Waals surface area contributed by atoms with Gasteiger partial charge in [-0.25, -0.2) is 19.9 Å². The van der Waals surface area contributed by atoms with Gasteiger partial charge in [-0.3, -0.25) is 23.5 Å². The van der Waals surface area contributed by atoms with Crippen molar-refractivity contribution in [3.63, 3.8) is 0 Å². The number of nitrogens with one attached hydrogen (secondary N) is 1. The number of aliphatic hydroxyl groups is 1. The van der Waals surface area contributed by atoms with Crippen LogP contribution in [0, 0.1) is 11.3 Å². The number of nitrogens with zero attached hydrogens (tertiary/aromatic N) is 7. The summed E-state index contributed by atoms with van der Waals surface area (Å²) in [6.45, 7) is -0.251. The van der Waals surface area contributed by atoms with Crippen LogP contribution in [0.15, 0.2) is 23.8 Å². The monoisotopic (exact) mass is 636 g/mol. The van der Waals surface area contributed by atoms with E-state index >= 15 is 0 Å². The maximum atomic E-state index is 13.2. The zero-order chi connectivity index (χ0) is 29.6. The van der Waals surface area contributed by atoms with E-state index < -0.39 is 64.2 Å². The van der Waals surface area contributed by atoms with Gasteiger partial charge in [-0.2, -0.15) is 4.98 Å². The quantitative estimate of drug-likeness (QED) is 0.210. The van der Waals surface area contributed by atoms with Crippen LogP contribution in [0.3, 0.4) is 0 Å². The van der Waals surface area contributed by atoms with E-state index in [1.165, 1.54) is 23.5 Å².